The third-order valence-corrected chi connectivity index (χ3v) is 5.55. The van der Waals surface area contributed by atoms with Gasteiger partial charge in [-0.05, 0) is 79.6 Å². The van der Waals surface area contributed by atoms with E-state index in [1.54, 1.807) is 42.5 Å². The lowest BCUT2D eigenvalue weighted by atomic mass is 10.0. The van der Waals surface area contributed by atoms with E-state index < -0.39 is 5.91 Å². The van der Waals surface area contributed by atoms with E-state index in [0.29, 0.717) is 42.4 Å². The van der Waals surface area contributed by atoms with E-state index in [-0.39, 0.29) is 11.4 Å². The summed E-state index contributed by atoms with van der Waals surface area (Å²) >= 11 is 3.57. The molecule has 0 fully saturated rings. The number of hydrogen-bond donors (Lipinski definition) is 1. The summed E-state index contributed by atoms with van der Waals surface area (Å²) in [6, 6.07) is 18.8. The first-order valence-electron chi connectivity index (χ1n) is 10.8. The number of hydrogen-bond acceptors (Lipinski definition) is 4. The van der Waals surface area contributed by atoms with Gasteiger partial charge in [0.15, 0.2) is 0 Å². The van der Waals surface area contributed by atoms with Crippen molar-refractivity contribution < 1.29 is 18.7 Å². The predicted octanol–water partition coefficient (Wildman–Crippen LogP) is 6.52. The molecule has 0 unspecified atom stereocenters. The first-order chi connectivity index (χ1) is 16.4. The number of halogens is 2. The smallest absolute Gasteiger partial charge is 0.266 e. The highest BCUT2D eigenvalue weighted by molar-refractivity contribution is 9.10. The molecule has 7 heteroatoms. The molecule has 0 saturated heterocycles. The van der Waals surface area contributed by atoms with Crippen molar-refractivity contribution in [2.24, 2.45) is 0 Å². The Morgan fingerprint density at radius 2 is 1.82 bits per heavy atom. The van der Waals surface area contributed by atoms with Crippen LogP contribution in [0.1, 0.15) is 30.5 Å². The fraction of sp³-hybridized carbons (Fsp3) is 0.185. The second-order valence-corrected chi connectivity index (χ2v) is 8.15. The molecule has 0 atom stereocenters. The monoisotopic (exact) mass is 522 g/mol. The summed E-state index contributed by atoms with van der Waals surface area (Å²) in [5, 5.41) is 12.3. The Morgan fingerprint density at radius 1 is 1.09 bits per heavy atom. The Kier molecular flexibility index (Phi) is 8.83. The number of carbonyl (C=O) groups is 1. The number of rotatable bonds is 9. The Labute approximate surface area is 207 Å². The van der Waals surface area contributed by atoms with E-state index in [2.05, 4.69) is 21.2 Å². The summed E-state index contributed by atoms with van der Waals surface area (Å²) in [6.07, 6.45) is 1.96. The van der Waals surface area contributed by atoms with Crippen LogP contribution in [0, 0.1) is 17.1 Å². The fourth-order valence-corrected chi connectivity index (χ4v) is 3.94. The number of ether oxygens (including phenoxy) is 2. The zero-order valence-electron chi connectivity index (χ0n) is 18.9. The lowest BCUT2D eigenvalue weighted by Gasteiger charge is -2.14. The number of amides is 1. The largest absolute Gasteiger partial charge is 0.494 e. The van der Waals surface area contributed by atoms with Crippen molar-refractivity contribution >= 4 is 33.6 Å². The number of anilines is 1. The van der Waals surface area contributed by atoms with Gasteiger partial charge >= 0.3 is 0 Å². The van der Waals surface area contributed by atoms with Crippen molar-refractivity contribution in [3.63, 3.8) is 0 Å². The van der Waals surface area contributed by atoms with Gasteiger partial charge in [-0.25, -0.2) is 4.39 Å². The molecule has 0 radical (unpaired) electrons. The normalized spacial score (nSPS) is 11.0. The molecular formula is C27H24BrFN2O3. The van der Waals surface area contributed by atoms with E-state index in [1.807, 2.05) is 26.0 Å². The van der Waals surface area contributed by atoms with Gasteiger partial charge in [0.25, 0.3) is 5.91 Å². The highest BCUT2D eigenvalue weighted by Crippen LogP contribution is 2.32. The predicted molar refractivity (Wildman–Crippen MR) is 134 cm³/mol. The van der Waals surface area contributed by atoms with Crippen LogP contribution in [0.2, 0.25) is 0 Å². The van der Waals surface area contributed by atoms with Gasteiger partial charge in [-0.2, -0.15) is 5.26 Å². The Hall–Kier alpha value is -3.63. The average molecular weight is 523 g/mol. The Balaban J connectivity index is 1.85. The molecule has 0 heterocycles. The molecule has 34 heavy (non-hydrogen) atoms. The molecule has 1 N–H and O–H groups in total. The van der Waals surface area contributed by atoms with Crippen LogP contribution in [0.3, 0.4) is 0 Å². The lowest BCUT2D eigenvalue weighted by Crippen LogP contribution is -2.13. The Morgan fingerprint density at radius 3 is 2.47 bits per heavy atom. The Bertz CT molecular complexity index is 1230. The highest BCUT2D eigenvalue weighted by atomic mass is 79.9. The van der Waals surface area contributed by atoms with Gasteiger partial charge in [0.2, 0.25) is 0 Å². The maximum Gasteiger partial charge on any atom is 0.266 e. The van der Waals surface area contributed by atoms with Crippen molar-refractivity contribution in [3.05, 3.63) is 93.2 Å². The average Bonchev–Trinajstić information content (AvgIpc) is 2.81. The third kappa shape index (κ3) is 6.69. The quantitative estimate of drug-likeness (QED) is 0.256. The summed E-state index contributed by atoms with van der Waals surface area (Å²) < 4.78 is 25.6. The van der Waals surface area contributed by atoms with Crippen LogP contribution in [-0.4, -0.2) is 19.1 Å². The summed E-state index contributed by atoms with van der Waals surface area (Å²) in [7, 11) is 0. The zero-order valence-corrected chi connectivity index (χ0v) is 20.5. The molecule has 174 valence electrons. The molecule has 0 bridgehead atoms. The number of nitrogens with zero attached hydrogens (tertiary/aromatic N) is 1. The maximum absolute atomic E-state index is 13.6. The van der Waals surface area contributed by atoms with Crippen LogP contribution in [0.15, 0.2) is 70.7 Å². The minimum atomic E-state index is -0.524. The number of nitrogens with one attached hydrogen (secondary N) is 1. The standard InChI is InChI=1S/C27H24BrFN2O3/c1-3-33-23-10-8-22(9-11-23)31-27(32)20(17-30)12-19-15-25(28)24(26(16-19)34-4-2)14-18-6-5-7-21(29)13-18/h5-13,15-16H,3-4,14H2,1-2H3,(H,31,32)/b20-12+. The molecule has 0 aromatic heterocycles. The van der Waals surface area contributed by atoms with Crippen molar-refractivity contribution in [2.75, 3.05) is 18.5 Å². The first kappa shape index (κ1) is 25.0. The van der Waals surface area contributed by atoms with Gasteiger partial charge in [-0.3, -0.25) is 4.79 Å². The molecule has 0 saturated carbocycles. The molecule has 3 rings (SSSR count). The minimum absolute atomic E-state index is 0.0545. The molecule has 1 amide bonds. The van der Waals surface area contributed by atoms with Crippen molar-refractivity contribution in [2.45, 2.75) is 20.3 Å². The second-order valence-electron chi connectivity index (χ2n) is 7.30. The summed E-state index contributed by atoms with van der Waals surface area (Å²) in [6.45, 7) is 4.74. The van der Waals surface area contributed by atoms with Gasteiger partial charge in [-0.15, -0.1) is 0 Å². The minimum Gasteiger partial charge on any atom is -0.494 e. The van der Waals surface area contributed by atoms with Gasteiger partial charge in [0, 0.05) is 22.1 Å². The highest BCUT2D eigenvalue weighted by Gasteiger charge is 2.14. The van der Waals surface area contributed by atoms with Crippen molar-refractivity contribution in [1.82, 2.24) is 0 Å². The molecule has 0 aliphatic rings. The van der Waals surface area contributed by atoms with Crippen LogP contribution >= 0.6 is 15.9 Å². The van der Waals surface area contributed by atoms with Crippen LogP contribution in [0.25, 0.3) is 6.08 Å². The van der Waals surface area contributed by atoms with Crippen LogP contribution in [0.4, 0.5) is 10.1 Å². The van der Waals surface area contributed by atoms with E-state index in [0.717, 1.165) is 15.6 Å². The second kappa shape index (κ2) is 12.0. The van der Waals surface area contributed by atoms with E-state index in [4.69, 9.17) is 9.47 Å². The topological polar surface area (TPSA) is 71.3 Å². The first-order valence-corrected chi connectivity index (χ1v) is 11.6. The molecule has 3 aromatic carbocycles. The summed E-state index contributed by atoms with van der Waals surface area (Å²) in [4.78, 5) is 12.7. The molecule has 0 aliphatic heterocycles. The summed E-state index contributed by atoms with van der Waals surface area (Å²) in [5.41, 5.74) is 2.77. The summed E-state index contributed by atoms with van der Waals surface area (Å²) in [5.74, 6) is 0.465. The number of carbonyl (C=O) groups excluding carboxylic acids is 1. The van der Waals surface area contributed by atoms with Crippen molar-refractivity contribution in [1.29, 1.82) is 5.26 Å². The van der Waals surface area contributed by atoms with Crippen LogP contribution < -0.4 is 14.8 Å². The maximum atomic E-state index is 13.6. The van der Waals surface area contributed by atoms with Gasteiger partial charge in [-0.1, -0.05) is 28.1 Å². The van der Waals surface area contributed by atoms with Crippen LogP contribution in [-0.2, 0) is 11.2 Å². The number of benzene rings is 3. The van der Waals surface area contributed by atoms with Crippen LogP contribution in [0.5, 0.6) is 11.5 Å². The molecule has 0 aliphatic carbocycles. The third-order valence-electron chi connectivity index (χ3n) is 4.85. The van der Waals surface area contributed by atoms with E-state index in [1.165, 1.54) is 18.2 Å². The lowest BCUT2D eigenvalue weighted by molar-refractivity contribution is -0.112. The number of nitriles is 1. The van der Waals surface area contributed by atoms with E-state index in [9.17, 15) is 14.4 Å². The van der Waals surface area contributed by atoms with E-state index >= 15 is 0 Å². The van der Waals surface area contributed by atoms with Gasteiger partial charge in [0.1, 0.15) is 29.0 Å². The molecule has 3 aromatic rings. The zero-order chi connectivity index (χ0) is 24.5. The fourth-order valence-electron chi connectivity index (χ4n) is 3.34. The molecule has 5 nitrogen and oxygen atoms in total. The van der Waals surface area contributed by atoms with Crippen molar-refractivity contribution in [3.8, 4) is 17.6 Å². The van der Waals surface area contributed by atoms with Gasteiger partial charge < -0.3 is 14.8 Å². The molecule has 0 spiro atoms. The molecular weight excluding hydrogens is 499 g/mol. The van der Waals surface area contributed by atoms with Gasteiger partial charge in [0.05, 0.1) is 13.2 Å². The SMILES string of the molecule is CCOc1ccc(NC(=O)/C(C#N)=C/c2cc(Br)c(Cc3cccc(F)c3)c(OCC)c2)cc1.